The maximum Gasteiger partial charge on any atom is 0.150 e. The lowest BCUT2D eigenvalue weighted by Crippen LogP contribution is -2.23. The van der Waals surface area contributed by atoms with Crippen molar-refractivity contribution in [3.63, 3.8) is 0 Å². The van der Waals surface area contributed by atoms with Gasteiger partial charge in [-0.25, -0.2) is 8.78 Å². The summed E-state index contributed by atoms with van der Waals surface area (Å²) in [7, 11) is 0. The molecule has 0 aliphatic rings. The number of ether oxygens (including phenoxy) is 1. The normalized spacial score (nSPS) is 12.6. The molecule has 1 unspecified atom stereocenters. The second kappa shape index (κ2) is 6.15. The van der Waals surface area contributed by atoms with Gasteiger partial charge in [-0.15, -0.1) is 0 Å². The standard InChI is InChI=1S/C11H14BrF2NO/c1-3-16-6-7(2)15-11-9(13)4-8(12)5-10(11)14/h4-5,7,15H,3,6H2,1-2H3. The lowest BCUT2D eigenvalue weighted by Gasteiger charge is -2.16. The van der Waals surface area contributed by atoms with Crippen molar-refractivity contribution < 1.29 is 13.5 Å². The third-order valence-electron chi connectivity index (χ3n) is 1.97. The van der Waals surface area contributed by atoms with Crippen molar-refractivity contribution in [2.24, 2.45) is 0 Å². The van der Waals surface area contributed by atoms with Crippen LogP contribution < -0.4 is 5.32 Å². The highest BCUT2D eigenvalue weighted by molar-refractivity contribution is 9.10. The molecular formula is C11H14BrF2NO. The maximum absolute atomic E-state index is 13.4. The largest absolute Gasteiger partial charge is 0.380 e. The molecule has 0 heterocycles. The van der Waals surface area contributed by atoms with Crippen molar-refractivity contribution >= 4 is 21.6 Å². The molecule has 1 aromatic rings. The van der Waals surface area contributed by atoms with Gasteiger partial charge in [-0.3, -0.25) is 0 Å². The highest BCUT2D eigenvalue weighted by atomic mass is 79.9. The molecule has 1 N–H and O–H groups in total. The van der Waals surface area contributed by atoms with Crippen LogP contribution in [0.1, 0.15) is 13.8 Å². The average molecular weight is 294 g/mol. The topological polar surface area (TPSA) is 21.3 Å². The Kier molecular flexibility index (Phi) is 5.15. The molecule has 2 nitrogen and oxygen atoms in total. The van der Waals surface area contributed by atoms with Crippen LogP contribution >= 0.6 is 15.9 Å². The maximum atomic E-state index is 13.4. The lowest BCUT2D eigenvalue weighted by molar-refractivity contribution is 0.141. The second-order valence-electron chi connectivity index (χ2n) is 3.45. The Morgan fingerprint density at radius 3 is 2.44 bits per heavy atom. The van der Waals surface area contributed by atoms with Crippen LogP contribution in [-0.4, -0.2) is 19.3 Å². The Balaban J connectivity index is 2.73. The molecular weight excluding hydrogens is 280 g/mol. The van der Waals surface area contributed by atoms with Crippen molar-refractivity contribution in [1.29, 1.82) is 0 Å². The first-order chi connectivity index (χ1) is 7.54. The van der Waals surface area contributed by atoms with E-state index in [1.165, 1.54) is 12.1 Å². The van der Waals surface area contributed by atoms with E-state index in [0.29, 0.717) is 17.7 Å². The predicted molar refractivity (Wildman–Crippen MR) is 63.6 cm³/mol. The van der Waals surface area contributed by atoms with Crippen LogP contribution in [0.3, 0.4) is 0 Å². The molecule has 0 saturated heterocycles. The van der Waals surface area contributed by atoms with E-state index < -0.39 is 11.6 Å². The molecule has 0 aliphatic heterocycles. The number of nitrogens with one attached hydrogen (secondary N) is 1. The lowest BCUT2D eigenvalue weighted by atomic mass is 10.2. The van der Waals surface area contributed by atoms with Gasteiger partial charge >= 0.3 is 0 Å². The third-order valence-corrected chi connectivity index (χ3v) is 2.43. The number of hydrogen-bond acceptors (Lipinski definition) is 2. The van der Waals surface area contributed by atoms with Crippen LogP contribution in [0.5, 0.6) is 0 Å². The molecule has 5 heteroatoms. The van der Waals surface area contributed by atoms with Gasteiger partial charge in [0, 0.05) is 17.1 Å². The molecule has 16 heavy (non-hydrogen) atoms. The van der Waals surface area contributed by atoms with E-state index in [0.717, 1.165) is 0 Å². The minimum absolute atomic E-state index is 0.115. The van der Waals surface area contributed by atoms with E-state index in [2.05, 4.69) is 21.2 Å². The zero-order valence-corrected chi connectivity index (χ0v) is 10.8. The summed E-state index contributed by atoms with van der Waals surface area (Å²) in [6, 6.07) is 2.29. The Morgan fingerprint density at radius 2 is 1.94 bits per heavy atom. The van der Waals surface area contributed by atoms with Crippen LogP contribution in [0.4, 0.5) is 14.5 Å². The molecule has 0 bridgehead atoms. The number of anilines is 1. The van der Waals surface area contributed by atoms with Crippen molar-refractivity contribution in [2.75, 3.05) is 18.5 Å². The van der Waals surface area contributed by atoms with Gasteiger partial charge in [0.1, 0.15) is 17.3 Å². The summed E-state index contributed by atoms with van der Waals surface area (Å²) in [6.07, 6.45) is 0. The van der Waals surface area contributed by atoms with Gasteiger partial charge in [-0.2, -0.15) is 0 Å². The van der Waals surface area contributed by atoms with E-state index in [1.807, 2.05) is 6.92 Å². The van der Waals surface area contributed by atoms with E-state index in [9.17, 15) is 8.78 Å². The number of hydrogen-bond donors (Lipinski definition) is 1. The molecule has 90 valence electrons. The fourth-order valence-corrected chi connectivity index (χ4v) is 1.66. The first-order valence-electron chi connectivity index (χ1n) is 5.03. The Labute approximate surface area is 102 Å². The SMILES string of the molecule is CCOCC(C)Nc1c(F)cc(Br)cc1F. The van der Waals surface area contributed by atoms with Crippen molar-refractivity contribution in [2.45, 2.75) is 19.9 Å². The van der Waals surface area contributed by atoms with Crippen LogP contribution in [0.2, 0.25) is 0 Å². The number of benzene rings is 1. The van der Waals surface area contributed by atoms with Gasteiger partial charge in [0.05, 0.1) is 6.61 Å². The van der Waals surface area contributed by atoms with E-state index in [4.69, 9.17) is 4.74 Å². The number of rotatable bonds is 5. The zero-order chi connectivity index (χ0) is 12.1. The first-order valence-corrected chi connectivity index (χ1v) is 5.82. The summed E-state index contributed by atoms with van der Waals surface area (Å²) < 4.78 is 32.4. The van der Waals surface area contributed by atoms with Crippen LogP contribution in [-0.2, 0) is 4.74 Å². The molecule has 0 radical (unpaired) electrons. The minimum Gasteiger partial charge on any atom is -0.380 e. The molecule has 0 fully saturated rings. The van der Waals surface area contributed by atoms with Crippen LogP contribution in [0, 0.1) is 11.6 Å². The van der Waals surface area contributed by atoms with Gasteiger partial charge in [0.2, 0.25) is 0 Å². The molecule has 0 saturated carbocycles. The van der Waals surface area contributed by atoms with Crippen molar-refractivity contribution in [3.05, 3.63) is 28.2 Å². The highest BCUT2D eigenvalue weighted by Gasteiger charge is 2.12. The molecule has 1 atom stereocenters. The van der Waals surface area contributed by atoms with Gasteiger partial charge in [-0.05, 0) is 26.0 Å². The summed E-state index contributed by atoms with van der Waals surface area (Å²) in [5, 5.41) is 2.74. The van der Waals surface area contributed by atoms with E-state index in [-0.39, 0.29) is 11.7 Å². The average Bonchev–Trinajstić information content (AvgIpc) is 2.20. The number of halogens is 3. The molecule has 0 aromatic heterocycles. The Hall–Kier alpha value is -0.680. The van der Waals surface area contributed by atoms with E-state index in [1.54, 1.807) is 6.92 Å². The van der Waals surface area contributed by atoms with Crippen molar-refractivity contribution in [3.8, 4) is 0 Å². The molecule has 1 aromatic carbocycles. The van der Waals surface area contributed by atoms with Crippen molar-refractivity contribution in [1.82, 2.24) is 0 Å². The van der Waals surface area contributed by atoms with Crippen LogP contribution in [0.15, 0.2) is 16.6 Å². The summed E-state index contributed by atoms with van der Waals surface area (Å²) in [4.78, 5) is 0. The van der Waals surface area contributed by atoms with Gasteiger partial charge in [-0.1, -0.05) is 15.9 Å². The molecule has 1 rings (SSSR count). The van der Waals surface area contributed by atoms with Gasteiger partial charge in [0.25, 0.3) is 0 Å². The Bertz CT molecular complexity index is 337. The monoisotopic (exact) mass is 293 g/mol. The van der Waals surface area contributed by atoms with Gasteiger partial charge < -0.3 is 10.1 Å². The molecule has 0 amide bonds. The van der Waals surface area contributed by atoms with E-state index >= 15 is 0 Å². The minimum atomic E-state index is -0.616. The third kappa shape index (κ3) is 3.72. The fourth-order valence-electron chi connectivity index (χ4n) is 1.26. The second-order valence-corrected chi connectivity index (χ2v) is 4.36. The Morgan fingerprint density at radius 1 is 1.38 bits per heavy atom. The van der Waals surface area contributed by atoms with Gasteiger partial charge in [0.15, 0.2) is 0 Å². The fraction of sp³-hybridized carbons (Fsp3) is 0.455. The smallest absolute Gasteiger partial charge is 0.150 e. The first kappa shape index (κ1) is 13.4. The zero-order valence-electron chi connectivity index (χ0n) is 9.19. The summed E-state index contributed by atoms with van der Waals surface area (Å²) in [6.45, 7) is 4.66. The molecule has 0 spiro atoms. The predicted octanol–water partition coefficient (Wildman–Crippen LogP) is 3.56. The highest BCUT2D eigenvalue weighted by Crippen LogP contribution is 2.24. The van der Waals surface area contributed by atoms with Crippen LogP contribution in [0.25, 0.3) is 0 Å². The summed E-state index contributed by atoms with van der Waals surface area (Å²) in [5.41, 5.74) is -0.115. The quantitative estimate of drug-likeness (QED) is 0.896. The summed E-state index contributed by atoms with van der Waals surface area (Å²) >= 11 is 3.02. The molecule has 0 aliphatic carbocycles. The summed E-state index contributed by atoms with van der Waals surface area (Å²) in [5.74, 6) is -1.23.